The topological polar surface area (TPSA) is 61.9 Å². The molecule has 6 nitrogen and oxygen atoms in total. The largest absolute Gasteiger partial charge is 0.494 e. The number of benzene rings is 2. The molecular weight excluding hydrogens is 393 g/mol. The van der Waals surface area contributed by atoms with Crippen LogP contribution in [0.25, 0.3) is 0 Å². The molecule has 8 heteroatoms. The van der Waals surface area contributed by atoms with Crippen LogP contribution in [-0.4, -0.2) is 47.1 Å². The van der Waals surface area contributed by atoms with Crippen molar-refractivity contribution in [3.8, 4) is 5.75 Å². The van der Waals surface area contributed by atoms with Crippen molar-refractivity contribution < 1.29 is 17.5 Å². The summed E-state index contributed by atoms with van der Waals surface area (Å²) in [6.45, 7) is 6.17. The lowest BCUT2D eigenvalue weighted by molar-refractivity contribution is 0.287. The molecule has 0 aromatic heterocycles. The van der Waals surface area contributed by atoms with Crippen LogP contribution in [0.3, 0.4) is 0 Å². The third-order valence-electron chi connectivity index (χ3n) is 4.30. The molecule has 1 N–H and O–H groups in total. The number of nitrogens with one attached hydrogen (secondary N) is 1. The summed E-state index contributed by atoms with van der Waals surface area (Å²) in [4.78, 5) is 2.19. The summed E-state index contributed by atoms with van der Waals surface area (Å²) in [5.41, 5.74) is 0.773. The molecule has 0 radical (unpaired) electrons. The van der Waals surface area contributed by atoms with Crippen LogP contribution >= 0.6 is 0 Å². The van der Waals surface area contributed by atoms with Crippen molar-refractivity contribution in [3.63, 3.8) is 0 Å². The molecule has 0 aliphatic heterocycles. The highest BCUT2D eigenvalue weighted by Crippen LogP contribution is 2.22. The lowest BCUT2D eigenvalue weighted by Gasteiger charge is -2.20. The summed E-state index contributed by atoms with van der Waals surface area (Å²) in [7, 11) is -0.323. The highest BCUT2D eigenvalue weighted by atomic mass is 32.2. The van der Waals surface area contributed by atoms with E-state index in [9.17, 15) is 12.8 Å². The molecule has 2 aromatic rings. The van der Waals surface area contributed by atoms with Crippen molar-refractivity contribution in [2.45, 2.75) is 12.8 Å². The maximum absolute atomic E-state index is 13.0. The number of halogens is 1. The third-order valence-corrected chi connectivity index (χ3v) is 5.72. The van der Waals surface area contributed by atoms with Gasteiger partial charge in [0, 0.05) is 13.6 Å². The predicted molar refractivity (Wildman–Crippen MR) is 116 cm³/mol. The standard InChI is InChI=1S/C21H28FN3O3S/c1-4-15-24(2)16-5-6-17-28-21-13-11-20(12-14-21)25(3)29(26,27)23-19-9-7-18(22)8-10-19/h4,7-14,23H,1,5-6,15-17H2,2-3H3. The van der Waals surface area contributed by atoms with E-state index in [0.717, 1.165) is 30.2 Å². The SMILES string of the molecule is C=CCN(C)CCCCOc1ccc(N(C)S(=O)(=O)Nc2ccc(F)cc2)cc1. The van der Waals surface area contributed by atoms with E-state index in [0.29, 0.717) is 18.0 Å². The first-order valence-electron chi connectivity index (χ1n) is 9.36. The van der Waals surface area contributed by atoms with Crippen molar-refractivity contribution in [2.75, 3.05) is 42.8 Å². The molecule has 2 aromatic carbocycles. The molecule has 0 saturated heterocycles. The summed E-state index contributed by atoms with van der Waals surface area (Å²) in [5, 5.41) is 0. The molecule has 0 heterocycles. The fourth-order valence-electron chi connectivity index (χ4n) is 2.61. The number of ether oxygens (including phenoxy) is 1. The van der Waals surface area contributed by atoms with E-state index in [1.807, 2.05) is 6.08 Å². The number of anilines is 2. The number of likely N-dealkylation sites (N-methyl/N-ethyl adjacent to an activating group) is 1. The first-order chi connectivity index (χ1) is 13.8. The van der Waals surface area contributed by atoms with E-state index in [4.69, 9.17) is 4.74 Å². The molecular formula is C21H28FN3O3S. The van der Waals surface area contributed by atoms with E-state index in [1.54, 1.807) is 24.3 Å². The van der Waals surface area contributed by atoms with Crippen LogP contribution in [0, 0.1) is 5.82 Å². The Kier molecular flexibility index (Phi) is 8.48. The van der Waals surface area contributed by atoms with E-state index in [-0.39, 0.29) is 5.69 Å². The minimum absolute atomic E-state index is 0.289. The van der Waals surface area contributed by atoms with Crippen LogP contribution in [0.1, 0.15) is 12.8 Å². The summed E-state index contributed by atoms with van der Waals surface area (Å²) >= 11 is 0. The number of unbranched alkanes of at least 4 members (excludes halogenated alkanes) is 1. The van der Waals surface area contributed by atoms with Crippen LogP contribution in [0.2, 0.25) is 0 Å². The van der Waals surface area contributed by atoms with Gasteiger partial charge in [-0.3, -0.25) is 9.03 Å². The number of hydrogen-bond acceptors (Lipinski definition) is 4. The van der Waals surface area contributed by atoms with Crippen molar-refractivity contribution >= 4 is 21.6 Å². The first kappa shape index (κ1) is 22.7. The summed E-state index contributed by atoms with van der Waals surface area (Å²) in [5.74, 6) is 0.256. The zero-order chi connectivity index (χ0) is 21.3. The van der Waals surface area contributed by atoms with Crippen LogP contribution in [0.4, 0.5) is 15.8 Å². The molecule has 29 heavy (non-hydrogen) atoms. The predicted octanol–water partition coefficient (Wildman–Crippen LogP) is 3.90. The second kappa shape index (κ2) is 10.8. The van der Waals surface area contributed by atoms with E-state index >= 15 is 0 Å². The van der Waals surface area contributed by atoms with Gasteiger partial charge in [0.2, 0.25) is 0 Å². The van der Waals surface area contributed by atoms with E-state index < -0.39 is 16.0 Å². The fourth-order valence-corrected chi connectivity index (χ4v) is 3.58. The zero-order valence-electron chi connectivity index (χ0n) is 16.8. The Labute approximate surface area is 172 Å². The van der Waals surface area contributed by atoms with Gasteiger partial charge in [0.05, 0.1) is 18.0 Å². The van der Waals surface area contributed by atoms with Gasteiger partial charge >= 0.3 is 10.2 Å². The zero-order valence-corrected chi connectivity index (χ0v) is 17.7. The van der Waals surface area contributed by atoms with Gasteiger partial charge in [0.15, 0.2) is 0 Å². The summed E-state index contributed by atoms with van der Waals surface area (Å²) in [6, 6.07) is 12.0. The highest BCUT2D eigenvalue weighted by molar-refractivity contribution is 7.94. The minimum Gasteiger partial charge on any atom is -0.494 e. The summed E-state index contributed by atoms with van der Waals surface area (Å²) < 4.78 is 47.2. The van der Waals surface area contributed by atoms with Gasteiger partial charge in [-0.15, -0.1) is 6.58 Å². The molecule has 0 spiro atoms. The Morgan fingerprint density at radius 3 is 2.34 bits per heavy atom. The Morgan fingerprint density at radius 2 is 1.72 bits per heavy atom. The number of nitrogens with zero attached hydrogens (tertiary/aromatic N) is 2. The van der Waals surface area contributed by atoms with Gasteiger partial charge in [-0.1, -0.05) is 6.08 Å². The van der Waals surface area contributed by atoms with Gasteiger partial charge in [-0.25, -0.2) is 4.39 Å². The van der Waals surface area contributed by atoms with Crippen LogP contribution in [0.15, 0.2) is 61.2 Å². The van der Waals surface area contributed by atoms with Crippen LogP contribution < -0.4 is 13.8 Å². The van der Waals surface area contributed by atoms with Crippen molar-refractivity contribution in [2.24, 2.45) is 0 Å². The maximum atomic E-state index is 13.0. The van der Waals surface area contributed by atoms with Crippen molar-refractivity contribution in [3.05, 3.63) is 67.0 Å². The maximum Gasteiger partial charge on any atom is 0.323 e. The Bertz CT molecular complexity index is 871. The molecule has 0 aliphatic rings. The Balaban J connectivity index is 1.85. The molecule has 0 amide bonds. The van der Waals surface area contributed by atoms with E-state index in [2.05, 4.69) is 23.2 Å². The first-order valence-corrected chi connectivity index (χ1v) is 10.8. The van der Waals surface area contributed by atoms with Crippen molar-refractivity contribution in [1.82, 2.24) is 4.90 Å². The average Bonchev–Trinajstić information content (AvgIpc) is 2.69. The van der Waals surface area contributed by atoms with Crippen molar-refractivity contribution in [1.29, 1.82) is 0 Å². The molecule has 0 fully saturated rings. The molecule has 0 atom stereocenters. The molecule has 2 rings (SSSR count). The Morgan fingerprint density at radius 1 is 1.07 bits per heavy atom. The lowest BCUT2D eigenvalue weighted by Crippen LogP contribution is -2.32. The van der Waals surface area contributed by atoms with Gasteiger partial charge in [-0.05, 0) is 75.0 Å². The second-order valence-corrected chi connectivity index (χ2v) is 8.38. The highest BCUT2D eigenvalue weighted by Gasteiger charge is 2.18. The average molecular weight is 422 g/mol. The Hall–Kier alpha value is -2.58. The molecule has 0 unspecified atom stereocenters. The summed E-state index contributed by atoms with van der Waals surface area (Å²) in [6.07, 6.45) is 3.84. The monoisotopic (exact) mass is 421 g/mol. The quantitative estimate of drug-likeness (QED) is 0.417. The number of hydrogen-bond donors (Lipinski definition) is 1. The van der Waals surface area contributed by atoms with Gasteiger partial charge < -0.3 is 9.64 Å². The third kappa shape index (κ3) is 7.40. The van der Waals surface area contributed by atoms with Gasteiger partial charge in [-0.2, -0.15) is 8.42 Å². The number of rotatable bonds is 12. The molecule has 0 saturated carbocycles. The smallest absolute Gasteiger partial charge is 0.323 e. The molecule has 0 aliphatic carbocycles. The van der Waals surface area contributed by atoms with E-state index in [1.165, 1.54) is 31.3 Å². The lowest BCUT2D eigenvalue weighted by atomic mass is 10.3. The molecule has 158 valence electrons. The minimum atomic E-state index is -3.82. The second-order valence-electron chi connectivity index (χ2n) is 6.68. The van der Waals surface area contributed by atoms with Gasteiger partial charge in [0.25, 0.3) is 0 Å². The van der Waals surface area contributed by atoms with Crippen LogP contribution in [-0.2, 0) is 10.2 Å². The van der Waals surface area contributed by atoms with Crippen LogP contribution in [0.5, 0.6) is 5.75 Å². The normalized spacial score (nSPS) is 11.3. The fraction of sp³-hybridized carbons (Fsp3) is 0.333. The molecule has 0 bridgehead atoms. The van der Waals surface area contributed by atoms with Gasteiger partial charge in [0.1, 0.15) is 11.6 Å².